The second kappa shape index (κ2) is 3.48. The molecule has 0 aromatic heterocycles. The Bertz CT molecular complexity index is 265. The molecule has 5 atom stereocenters. The summed E-state index contributed by atoms with van der Waals surface area (Å²) in [5.41, 5.74) is 0. The van der Waals surface area contributed by atoms with Crippen LogP contribution in [0.25, 0.3) is 0 Å². The Hall–Kier alpha value is -0.570. The highest BCUT2D eigenvalue weighted by Crippen LogP contribution is 2.41. The van der Waals surface area contributed by atoms with Crippen molar-refractivity contribution in [1.29, 1.82) is 0 Å². The molecule has 1 N–H and O–H groups in total. The average Bonchev–Trinajstić information content (AvgIpc) is 2.79. The zero-order valence-corrected chi connectivity index (χ0v) is 9.24. The molecule has 5 unspecified atom stereocenters. The standard InChI is InChI=1S/C12H19NO2/c1-7-2-3-9(4-7)15-12(14)11-8-5-10(11)13-6-8/h7-11,13H,2-6H2,1H3. The van der Waals surface area contributed by atoms with Crippen LogP contribution in [0, 0.1) is 17.8 Å². The summed E-state index contributed by atoms with van der Waals surface area (Å²) in [6.45, 7) is 3.26. The van der Waals surface area contributed by atoms with E-state index in [1.54, 1.807) is 0 Å². The van der Waals surface area contributed by atoms with Crippen LogP contribution in [0.2, 0.25) is 0 Å². The SMILES string of the molecule is CC1CCC(OC(=O)C2C3CNC2C3)C1. The van der Waals surface area contributed by atoms with Crippen molar-refractivity contribution < 1.29 is 9.53 Å². The van der Waals surface area contributed by atoms with Crippen LogP contribution in [0.3, 0.4) is 0 Å². The van der Waals surface area contributed by atoms with Gasteiger partial charge in [0, 0.05) is 6.04 Å². The smallest absolute Gasteiger partial charge is 0.311 e. The fourth-order valence-electron chi connectivity index (χ4n) is 3.34. The fourth-order valence-corrected chi connectivity index (χ4v) is 3.34. The van der Waals surface area contributed by atoms with Gasteiger partial charge in [0.05, 0.1) is 5.92 Å². The first kappa shape index (κ1) is 9.64. The third-order valence-electron chi connectivity index (χ3n) is 4.34. The lowest BCUT2D eigenvalue weighted by Gasteiger charge is -2.33. The third-order valence-corrected chi connectivity index (χ3v) is 4.34. The zero-order valence-electron chi connectivity index (χ0n) is 9.24. The first-order valence-corrected chi connectivity index (χ1v) is 6.18. The van der Waals surface area contributed by atoms with E-state index in [0.29, 0.717) is 12.0 Å². The Balaban J connectivity index is 1.53. The summed E-state index contributed by atoms with van der Waals surface area (Å²) in [5.74, 6) is 1.56. The van der Waals surface area contributed by atoms with Crippen LogP contribution >= 0.6 is 0 Å². The van der Waals surface area contributed by atoms with E-state index in [1.807, 2.05) is 0 Å². The first-order chi connectivity index (χ1) is 7.24. The van der Waals surface area contributed by atoms with Crippen molar-refractivity contribution in [2.24, 2.45) is 17.8 Å². The molecule has 2 saturated heterocycles. The number of nitrogens with one attached hydrogen (secondary N) is 1. The van der Waals surface area contributed by atoms with E-state index in [-0.39, 0.29) is 18.0 Å². The van der Waals surface area contributed by atoms with Crippen LogP contribution in [-0.4, -0.2) is 24.7 Å². The average molecular weight is 209 g/mol. The molecule has 0 aromatic rings. The van der Waals surface area contributed by atoms with Gasteiger partial charge in [0.25, 0.3) is 0 Å². The van der Waals surface area contributed by atoms with Gasteiger partial charge in [0.2, 0.25) is 0 Å². The van der Waals surface area contributed by atoms with E-state index in [2.05, 4.69) is 12.2 Å². The van der Waals surface area contributed by atoms with Gasteiger partial charge in [-0.25, -0.2) is 0 Å². The molecule has 84 valence electrons. The Labute approximate surface area is 90.6 Å². The van der Waals surface area contributed by atoms with Crippen LogP contribution in [-0.2, 0) is 9.53 Å². The summed E-state index contributed by atoms with van der Waals surface area (Å²) in [5, 5.41) is 3.36. The summed E-state index contributed by atoms with van der Waals surface area (Å²) >= 11 is 0. The molecule has 2 heterocycles. The van der Waals surface area contributed by atoms with E-state index in [4.69, 9.17) is 4.74 Å². The van der Waals surface area contributed by atoms with Crippen molar-refractivity contribution in [1.82, 2.24) is 5.32 Å². The number of fused-ring (bicyclic) bond motifs is 1. The minimum Gasteiger partial charge on any atom is -0.462 e. The van der Waals surface area contributed by atoms with Gasteiger partial charge in [-0.2, -0.15) is 0 Å². The van der Waals surface area contributed by atoms with Gasteiger partial charge in [-0.05, 0) is 44.1 Å². The lowest BCUT2D eigenvalue weighted by Crippen LogP contribution is -2.44. The highest BCUT2D eigenvalue weighted by atomic mass is 16.5. The molecule has 15 heavy (non-hydrogen) atoms. The Morgan fingerprint density at radius 2 is 2.20 bits per heavy atom. The minimum absolute atomic E-state index is 0.0698. The third kappa shape index (κ3) is 1.57. The maximum Gasteiger partial charge on any atom is 0.311 e. The lowest BCUT2D eigenvalue weighted by atomic mass is 9.74. The van der Waals surface area contributed by atoms with E-state index in [1.165, 1.54) is 12.8 Å². The number of carbonyl (C=O) groups excluding carboxylic acids is 1. The molecular weight excluding hydrogens is 190 g/mol. The molecular formula is C12H19NO2. The molecule has 4 rings (SSSR count). The number of esters is 1. The topological polar surface area (TPSA) is 38.3 Å². The largest absolute Gasteiger partial charge is 0.462 e. The van der Waals surface area contributed by atoms with Crippen molar-refractivity contribution >= 4 is 5.97 Å². The van der Waals surface area contributed by atoms with Gasteiger partial charge >= 0.3 is 5.97 Å². The van der Waals surface area contributed by atoms with Crippen LogP contribution in [0.5, 0.6) is 0 Å². The van der Waals surface area contributed by atoms with Gasteiger partial charge in [-0.3, -0.25) is 4.79 Å². The quantitative estimate of drug-likeness (QED) is 0.697. The Morgan fingerprint density at radius 1 is 1.33 bits per heavy atom. The molecule has 2 saturated carbocycles. The van der Waals surface area contributed by atoms with Crippen molar-refractivity contribution in [3.05, 3.63) is 0 Å². The molecule has 2 aliphatic heterocycles. The molecule has 0 aromatic carbocycles. The first-order valence-electron chi connectivity index (χ1n) is 6.18. The number of hydrogen-bond acceptors (Lipinski definition) is 3. The number of carbonyl (C=O) groups is 1. The van der Waals surface area contributed by atoms with E-state index < -0.39 is 0 Å². The molecule has 0 spiro atoms. The molecule has 0 radical (unpaired) electrons. The predicted octanol–water partition coefficient (Wildman–Crippen LogP) is 1.33. The van der Waals surface area contributed by atoms with Crippen LogP contribution in [0.15, 0.2) is 0 Å². The molecule has 2 bridgehead atoms. The number of hydrogen-bond donors (Lipinski definition) is 1. The maximum atomic E-state index is 11.9. The molecule has 4 fully saturated rings. The van der Waals surface area contributed by atoms with Crippen LogP contribution in [0.1, 0.15) is 32.6 Å². The molecule has 4 aliphatic rings. The lowest BCUT2D eigenvalue weighted by molar-refractivity contribution is -0.159. The van der Waals surface area contributed by atoms with Crippen LogP contribution < -0.4 is 5.32 Å². The Morgan fingerprint density at radius 3 is 2.73 bits per heavy atom. The molecule has 0 amide bonds. The van der Waals surface area contributed by atoms with Crippen molar-refractivity contribution in [3.63, 3.8) is 0 Å². The highest BCUT2D eigenvalue weighted by Gasteiger charge is 2.52. The van der Waals surface area contributed by atoms with Crippen molar-refractivity contribution in [2.75, 3.05) is 6.54 Å². The van der Waals surface area contributed by atoms with Gasteiger partial charge in [-0.15, -0.1) is 0 Å². The summed E-state index contributed by atoms with van der Waals surface area (Å²) in [6, 6.07) is 0.432. The van der Waals surface area contributed by atoms with Gasteiger partial charge in [-0.1, -0.05) is 6.92 Å². The molecule has 3 heteroatoms. The maximum absolute atomic E-state index is 11.9. The van der Waals surface area contributed by atoms with E-state index in [9.17, 15) is 4.79 Å². The summed E-state index contributed by atoms with van der Waals surface area (Å²) in [4.78, 5) is 11.9. The summed E-state index contributed by atoms with van der Waals surface area (Å²) in [7, 11) is 0. The summed E-state index contributed by atoms with van der Waals surface area (Å²) < 4.78 is 5.59. The van der Waals surface area contributed by atoms with Crippen LogP contribution in [0.4, 0.5) is 0 Å². The molecule has 3 nitrogen and oxygen atoms in total. The summed E-state index contributed by atoms with van der Waals surface area (Å²) in [6.07, 6.45) is 4.76. The second-order valence-corrected chi connectivity index (χ2v) is 5.51. The fraction of sp³-hybridized carbons (Fsp3) is 0.917. The minimum atomic E-state index is 0.0698. The van der Waals surface area contributed by atoms with Crippen molar-refractivity contribution in [3.8, 4) is 0 Å². The monoisotopic (exact) mass is 209 g/mol. The van der Waals surface area contributed by atoms with E-state index in [0.717, 1.165) is 25.3 Å². The number of ether oxygens (including phenoxy) is 1. The van der Waals surface area contributed by atoms with Crippen molar-refractivity contribution in [2.45, 2.75) is 44.8 Å². The highest BCUT2D eigenvalue weighted by molar-refractivity contribution is 5.75. The predicted molar refractivity (Wildman–Crippen MR) is 56.3 cm³/mol. The number of rotatable bonds is 2. The second-order valence-electron chi connectivity index (χ2n) is 5.51. The van der Waals surface area contributed by atoms with Gasteiger partial charge in [0.1, 0.15) is 6.10 Å². The molecule has 2 aliphatic carbocycles. The zero-order chi connectivity index (χ0) is 10.4. The van der Waals surface area contributed by atoms with Gasteiger partial charge < -0.3 is 10.1 Å². The Kier molecular flexibility index (Phi) is 2.23. The van der Waals surface area contributed by atoms with E-state index >= 15 is 0 Å². The normalized spacial score (nSPS) is 47.7. The van der Waals surface area contributed by atoms with Gasteiger partial charge in [0.15, 0.2) is 0 Å².